The van der Waals surface area contributed by atoms with E-state index in [-0.39, 0.29) is 5.91 Å². The van der Waals surface area contributed by atoms with Crippen LogP contribution in [0.1, 0.15) is 19.8 Å². The van der Waals surface area contributed by atoms with Gasteiger partial charge in [-0.2, -0.15) is 0 Å². The van der Waals surface area contributed by atoms with Gasteiger partial charge in [-0.25, -0.2) is 0 Å². The first-order chi connectivity index (χ1) is 4.68. The van der Waals surface area contributed by atoms with Gasteiger partial charge in [-0.3, -0.25) is 4.79 Å². The predicted octanol–water partition coefficient (Wildman–Crippen LogP) is 1.43. The van der Waals surface area contributed by atoms with Crippen LogP contribution in [-0.2, 0) is 4.79 Å². The van der Waals surface area contributed by atoms with Crippen LogP contribution in [0.3, 0.4) is 0 Å². The third-order valence-corrected chi connectivity index (χ3v) is 1.16. The highest BCUT2D eigenvalue weighted by Crippen LogP contribution is 1.89. The van der Waals surface area contributed by atoms with Crippen molar-refractivity contribution in [1.29, 1.82) is 0 Å². The molecule has 0 spiro atoms. The second-order valence-corrected chi connectivity index (χ2v) is 2.42. The summed E-state index contributed by atoms with van der Waals surface area (Å²) in [6.07, 6.45) is 5.60. The molecule has 2 nitrogen and oxygen atoms in total. The maximum absolute atomic E-state index is 10.9. The number of allylic oxidation sites excluding steroid dienone is 1. The van der Waals surface area contributed by atoms with Gasteiger partial charge in [0, 0.05) is 14.1 Å². The Hall–Kier alpha value is -0.790. The molecule has 2 heteroatoms. The SMILES string of the molecule is CCC/C=C\C(=O)N(C)C. The highest BCUT2D eigenvalue weighted by atomic mass is 16.2. The van der Waals surface area contributed by atoms with Crippen molar-refractivity contribution < 1.29 is 4.79 Å². The Bertz CT molecular complexity index is 127. The standard InChI is InChI=1S/C8H15NO/c1-4-5-6-7-8(10)9(2)3/h6-7H,4-5H2,1-3H3/b7-6-. The summed E-state index contributed by atoms with van der Waals surface area (Å²) >= 11 is 0. The number of carbonyl (C=O) groups excluding carboxylic acids is 1. The summed E-state index contributed by atoms with van der Waals surface area (Å²) in [4.78, 5) is 12.4. The van der Waals surface area contributed by atoms with Gasteiger partial charge in [-0.1, -0.05) is 19.4 Å². The molecule has 0 aliphatic carbocycles. The summed E-state index contributed by atoms with van der Waals surface area (Å²) in [6, 6.07) is 0. The fourth-order valence-electron chi connectivity index (χ4n) is 0.500. The maximum Gasteiger partial charge on any atom is 0.245 e. The Kier molecular flexibility index (Phi) is 4.63. The van der Waals surface area contributed by atoms with E-state index in [2.05, 4.69) is 6.92 Å². The summed E-state index contributed by atoms with van der Waals surface area (Å²) in [5, 5.41) is 0. The van der Waals surface area contributed by atoms with Gasteiger partial charge >= 0.3 is 0 Å². The summed E-state index contributed by atoms with van der Waals surface area (Å²) in [5.74, 6) is 0.0634. The Balaban J connectivity index is 3.56. The van der Waals surface area contributed by atoms with Crippen LogP contribution in [-0.4, -0.2) is 24.9 Å². The zero-order chi connectivity index (χ0) is 7.98. The van der Waals surface area contributed by atoms with E-state index < -0.39 is 0 Å². The molecule has 0 saturated heterocycles. The van der Waals surface area contributed by atoms with Gasteiger partial charge in [-0.05, 0) is 12.5 Å². The van der Waals surface area contributed by atoms with E-state index in [1.165, 1.54) is 0 Å². The van der Waals surface area contributed by atoms with Crippen molar-refractivity contribution in [3.63, 3.8) is 0 Å². The van der Waals surface area contributed by atoms with Crippen LogP contribution < -0.4 is 0 Å². The van der Waals surface area contributed by atoms with Gasteiger partial charge < -0.3 is 4.90 Å². The largest absolute Gasteiger partial charge is 0.345 e. The zero-order valence-corrected chi connectivity index (χ0v) is 6.92. The van der Waals surface area contributed by atoms with E-state index in [4.69, 9.17) is 0 Å². The molecule has 0 aliphatic heterocycles. The van der Waals surface area contributed by atoms with Crippen LogP contribution in [0, 0.1) is 0 Å². The molecule has 0 N–H and O–H groups in total. The molecule has 0 aromatic heterocycles. The first-order valence-corrected chi connectivity index (χ1v) is 3.56. The normalized spacial score (nSPS) is 10.3. The second-order valence-electron chi connectivity index (χ2n) is 2.42. The number of carbonyl (C=O) groups is 1. The topological polar surface area (TPSA) is 20.3 Å². The van der Waals surface area contributed by atoms with Crippen molar-refractivity contribution in [3.05, 3.63) is 12.2 Å². The average Bonchev–Trinajstić information content (AvgIpc) is 1.88. The first kappa shape index (κ1) is 9.21. The number of nitrogens with zero attached hydrogens (tertiary/aromatic N) is 1. The minimum absolute atomic E-state index is 0.0634. The van der Waals surface area contributed by atoms with Gasteiger partial charge in [-0.15, -0.1) is 0 Å². The molecule has 0 saturated carbocycles. The van der Waals surface area contributed by atoms with Crippen molar-refractivity contribution in [2.45, 2.75) is 19.8 Å². The van der Waals surface area contributed by atoms with Crippen molar-refractivity contribution in [3.8, 4) is 0 Å². The van der Waals surface area contributed by atoms with Crippen LogP contribution in [0.25, 0.3) is 0 Å². The molecular formula is C8H15NO. The molecule has 10 heavy (non-hydrogen) atoms. The lowest BCUT2D eigenvalue weighted by Gasteiger charge is -2.04. The lowest BCUT2D eigenvalue weighted by atomic mass is 10.3. The van der Waals surface area contributed by atoms with Gasteiger partial charge in [0.2, 0.25) is 5.91 Å². The second kappa shape index (κ2) is 5.03. The monoisotopic (exact) mass is 141 g/mol. The highest BCUT2D eigenvalue weighted by Gasteiger charge is 1.94. The van der Waals surface area contributed by atoms with E-state index in [0.29, 0.717) is 0 Å². The van der Waals surface area contributed by atoms with Crippen LogP contribution in [0.4, 0.5) is 0 Å². The number of rotatable bonds is 3. The van der Waals surface area contributed by atoms with E-state index >= 15 is 0 Å². The van der Waals surface area contributed by atoms with Crippen molar-refractivity contribution in [2.24, 2.45) is 0 Å². The number of hydrogen-bond donors (Lipinski definition) is 0. The molecule has 0 aromatic rings. The van der Waals surface area contributed by atoms with Crippen LogP contribution >= 0.6 is 0 Å². The van der Waals surface area contributed by atoms with Crippen molar-refractivity contribution in [1.82, 2.24) is 4.90 Å². The third-order valence-electron chi connectivity index (χ3n) is 1.16. The number of likely N-dealkylation sites (N-methyl/N-ethyl adjacent to an activating group) is 1. The van der Waals surface area contributed by atoms with E-state index in [9.17, 15) is 4.79 Å². The molecule has 0 fully saturated rings. The Morgan fingerprint density at radius 3 is 2.50 bits per heavy atom. The molecule has 0 aliphatic rings. The van der Waals surface area contributed by atoms with Gasteiger partial charge in [0.15, 0.2) is 0 Å². The molecular weight excluding hydrogens is 126 g/mol. The lowest BCUT2D eigenvalue weighted by Crippen LogP contribution is -2.18. The van der Waals surface area contributed by atoms with E-state index in [1.807, 2.05) is 6.08 Å². The molecule has 0 rings (SSSR count). The predicted molar refractivity (Wildman–Crippen MR) is 42.7 cm³/mol. The Morgan fingerprint density at radius 2 is 2.10 bits per heavy atom. The first-order valence-electron chi connectivity index (χ1n) is 3.56. The van der Waals surface area contributed by atoms with E-state index in [0.717, 1.165) is 12.8 Å². The lowest BCUT2D eigenvalue weighted by molar-refractivity contribution is -0.123. The van der Waals surface area contributed by atoms with Crippen molar-refractivity contribution in [2.75, 3.05) is 14.1 Å². The molecule has 1 amide bonds. The van der Waals surface area contributed by atoms with Crippen molar-refractivity contribution >= 4 is 5.91 Å². The molecule has 0 heterocycles. The van der Waals surface area contributed by atoms with Gasteiger partial charge in [0.25, 0.3) is 0 Å². The van der Waals surface area contributed by atoms with Crippen LogP contribution in [0.15, 0.2) is 12.2 Å². The molecule has 0 radical (unpaired) electrons. The summed E-state index contributed by atoms with van der Waals surface area (Å²) in [7, 11) is 3.50. The summed E-state index contributed by atoms with van der Waals surface area (Å²) < 4.78 is 0. The van der Waals surface area contributed by atoms with Gasteiger partial charge in [0.05, 0.1) is 0 Å². The molecule has 58 valence electrons. The molecule has 0 atom stereocenters. The number of hydrogen-bond acceptors (Lipinski definition) is 1. The number of amides is 1. The Morgan fingerprint density at radius 1 is 1.50 bits per heavy atom. The highest BCUT2D eigenvalue weighted by molar-refractivity contribution is 5.86. The van der Waals surface area contributed by atoms with E-state index in [1.54, 1.807) is 25.1 Å². The smallest absolute Gasteiger partial charge is 0.245 e. The number of unbranched alkanes of at least 4 members (excludes halogenated alkanes) is 1. The molecule has 0 bridgehead atoms. The fourth-order valence-corrected chi connectivity index (χ4v) is 0.500. The Labute approximate surface area is 62.5 Å². The quantitative estimate of drug-likeness (QED) is 0.544. The van der Waals surface area contributed by atoms with Crippen LogP contribution in [0.5, 0.6) is 0 Å². The minimum atomic E-state index is 0.0634. The fraction of sp³-hybridized carbons (Fsp3) is 0.625. The molecule has 0 unspecified atom stereocenters. The zero-order valence-electron chi connectivity index (χ0n) is 6.92. The maximum atomic E-state index is 10.9. The summed E-state index contributed by atoms with van der Waals surface area (Å²) in [5.41, 5.74) is 0. The minimum Gasteiger partial charge on any atom is -0.345 e. The third kappa shape index (κ3) is 4.13. The van der Waals surface area contributed by atoms with Crippen LogP contribution in [0.2, 0.25) is 0 Å². The molecule has 0 aromatic carbocycles. The summed E-state index contributed by atoms with van der Waals surface area (Å²) in [6.45, 7) is 2.09. The van der Waals surface area contributed by atoms with Gasteiger partial charge in [0.1, 0.15) is 0 Å². The average molecular weight is 141 g/mol.